The van der Waals surface area contributed by atoms with Crippen molar-refractivity contribution in [3.05, 3.63) is 0 Å². The molecule has 1 aliphatic rings. The van der Waals surface area contributed by atoms with Crippen LogP contribution in [0, 0.1) is 5.92 Å². The van der Waals surface area contributed by atoms with E-state index in [0.29, 0.717) is 0 Å². The number of aliphatic hydroxyl groups excluding tert-OH is 4. The molecule has 1 rings (SSSR count). The second-order valence-corrected chi connectivity index (χ2v) is 4.78. The van der Waals surface area contributed by atoms with Crippen LogP contribution in [0.3, 0.4) is 0 Å². The van der Waals surface area contributed by atoms with Crippen LogP contribution in [0.2, 0.25) is 0 Å². The Morgan fingerprint density at radius 2 is 1.65 bits per heavy atom. The summed E-state index contributed by atoms with van der Waals surface area (Å²) in [6.45, 7) is 5.29. The maximum atomic E-state index is 9.71. The molecule has 6 unspecified atom stereocenters. The molecular formula is C11H22O6. The van der Waals surface area contributed by atoms with E-state index in [1.807, 2.05) is 20.8 Å². The van der Waals surface area contributed by atoms with Crippen LogP contribution in [0.1, 0.15) is 20.8 Å². The van der Waals surface area contributed by atoms with Gasteiger partial charge in [-0.25, -0.2) is 0 Å². The van der Waals surface area contributed by atoms with Gasteiger partial charge in [-0.05, 0) is 12.8 Å². The number of ether oxygens (including phenoxy) is 2. The van der Waals surface area contributed by atoms with E-state index in [1.165, 1.54) is 0 Å². The average molecular weight is 250 g/mol. The van der Waals surface area contributed by atoms with Crippen molar-refractivity contribution in [1.82, 2.24) is 0 Å². The number of hydrogen-bond acceptors (Lipinski definition) is 6. The van der Waals surface area contributed by atoms with Gasteiger partial charge in [-0.3, -0.25) is 0 Å². The zero-order valence-electron chi connectivity index (χ0n) is 10.4. The minimum atomic E-state index is -1.38. The van der Waals surface area contributed by atoms with Gasteiger partial charge in [0.25, 0.3) is 0 Å². The lowest BCUT2D eigenvalue weighted by Gasteiger charge is -2.40. The molecule has 0 bridgehead atoms. The Balaban J connectivity index is 2.65. The van der Waals surface area contributed by atoms with Gasteiger partial charge in [0.15, 0.2) is 6.29 Å². The van der Waals surface area contributed by atoms with Crippen LogP contribution in [0.5, 0.6) is 0 Å². The van der Waals surface area contributed by atoms with E-state index in [0.717, 1.165) is 0 Å². The van der Waals surface area contributed by atoms with Gasteiger partial charge in [0.05, 0.1) is 12.7 Å². The van der Waals surface area contributed by atoms with Gasteiger partial charge < -0.3 is 29.9 Å². The Kier molecular flexibility index (Phi) is 5.30. The first-order valence-corrected chi connectivity index (χ1v) is 5.84. The molecule has 1 saturated heterocycles. The third-order valence-electron chi connectivity index (χ3n) is 3.14. The molecule has 0 aliphatic carbocycles. The first kappa shape index (κ1) is 14.8. The monoisotopic (exact) mass is 250 g/mol. The van der Waals surface area contributed by atoms with E-state index in [2.05, 4.69) is 0 Å². The molecule has 6 nitrogen and oxygen atoms in total. The largest absolute Gasteiger partial charge is 0.394 e. The van der Waals surface area contributed by atoms with Gasteiger partial charge in [0, 0.05) is 0 Å². The molecule has 0 amide bonds. The first-order chi connectivity index (χ1) is 7.88. The van der Waals surface area contributed by atoms with Gasteiger partial charge in [0.1, 0.15) is 24.4 Å². The molecule has 1 heterocycles. The number of rotatable bonds is 4. The molecule has 0 aromatic rings. The minimum Gasteiger partial charge on any atom is -0.394 e. The van der Waals surface area contributed by atoms with Gasteiger partial charge in [-0.2, -0.15) is 0 Å². The Labute approximate surface area is 101 Å². The fourth-order valence-corrected chi connectivity index (χ4v) is 1.55. The van der Waals surface area contributed by atoms with Crippen molar-refractivity contribution >= 4 is 0 Å². The van der Waals surface area contributed by atoms with Gasteiger partial charge in [0.2, 0.25) is 0 Å². The number of aliphatic hydroxyl groups is 4. The molecule has 0 radical (unpaired) electrons. The lowest BCUT2D eigenvalue weighted by molar-refractivity contribution is -0.312. The smallest absolute Gasteiger partial charge is 0.186 e. The predicted octanol–water partition coefficient (Wildman–Crippen LogP) is -1.15. The van der Waals surface area contributed by atoms with Crippen molar-refractivity contribution in [2.24, 2.45) is 5.92 Å². The normalized spacial score (nSPS) is 40.6. The lowest BCUT2D eigenvalue weighted by Crippen LogP contribution is -2.59. The molecular weight excluding hydrogens is 228 g/mol. The van der Waals surface area contributed by atoms with Crippen molar-refractivity contribution in [2.45, 2.75) is 57.6 Å². The molecule has 102 valence electrons. The summed E-state index contributed by atoms with van der Waals surface area (Å²) >= 11 is 0. The molecule has 4 N–H and O–H groups in total. The standard InChI is InChI=1S/C11H22O6/c1-5(2)6(3)16-11-10(15)9(14)8(13)7(4-12)17-11/h5-15H,4H2,1-3H3. The molecule has 1 fully saturated rings. The van der Waals surface area contributed by atoms with E-state index in [1.54, 1.807) is 0 Å². The van der Waals surface area contributed by atoms with E-state index < -0.39 is 37.3 Å². The summed E-state index contributed by atoms with van der Waals surface area (Å²) in [6, 6.07) is 0. The van der Waals surface area contributed by atoms with Gasteiger partial charge >= 0.3 is 0 Å². The highest BCUT2D eigenvalue weighted by Gasteiger charge is 2.44. The van der Waals surface area contributed by atoms with Crippen LogP contribution < -0.4 is 0 Å². The van der Waals surface area contributed by atoms with E-state index in [4.69, 9.17) is 14.6 Å². The van der Waals surface area contributed by atoms with Crippen molar-refractivity contribution < 1.29 is 29.9 Å². The summed E-state index contributed by atoms with van der Waals surface area (Å²) in [4.78, 5) is 0. The zero-order valence-corrected chi connectivity index (χ0v) is 10.4. The summed E-state index contributed by atoms with van der Waals surface area (Å²) < 4.78 is 10.7. The summed E-state index contributed by atoms with van der Waals surface area (Å²) in [5.41, 5.74) is 0. The minimum absolute atomic E-state index is 0.170. The summed E-state index contributed by atoms with van der Waals surface area (Å²) in [7, 11) is 0. The van der Waals surface area contributed by atoms with Gasteiger partial charge in [-0.15, -0.1) is 0 Å². The zero-order chi connectivity index (χ0) is 13.2. The third-order valence-corrected chi connectivity index (χ3v) is 3.14. The molecule has 0 aromatic carbocycles. The van der Waals surface area contributed by atoms with E-state index in [9.17, 15) is 15.3 Å². The molecule has 17 heavy (non-hydrogen) atoms. The Hall–Kier alpha value is -0.240. The van der Waals surface area contributed by atoms with Crippen LogP contribution in [0.25, 0.3) is 0 Å². The highest BCUT2D eigenvalue weighted by Crippen LogP contribution is 2.24. The van der Waals surface area contributed by atoms with Crippen molar-refractivity contribution in [3.63, 3.8) is 0 Å². The second kappa shape index (κ2) is 6.08. The Morgan fingerprint density at radius 1 is 1.06 bits per heavy atom. The Bertz CT molecular complexity index is 230. The van der Waals surface area contributed by atoms with Crippen LogP contribution in [0.4, 0.5) is 0 Å². The van der Waals surface area contributed by atoms with Crippen LogP contribution in [-0.2, 0) is 9.47 Å². The highest BCUT2D eigenvalue weighted by atomic mass is 16.7. The Morgan fingerprint density at radius 3 is 2.12 bits per heavy atom. The van der Waals surface area contributed by atoms with Crippen LogP contribution >= 0.6 is 0 Å². The molecule has 1 aliphatic heterocycles. The van der Waals surface area contributed by atoms with E-state index in [-0.39, 0.29) is 12.0 Å². The fraction of sp³-hybridized carbons (Fsp3) is 1.00. The summed E-state index contributed by atoms with van der Waals surface area (Å²) in [6.07, 6.45) is -6.18. The molecule has 6 heteroatoms. The SMILES string of the molecule is CC(C)C(C)OC1OC(CO)C(O)C(O)C1O. The van der Waals surface area contributed by atoms with Crippen molar-refractivity contribution in [2.75, 3.05) is 6.61 Å². The second-order valence-electron chi connectivity index (χ2n) is 4.78. The van der Waals surface area contributed by atoms with Crippen molar-refractivity contribution in [3.8, 4) is 0 Å². The predicted molar refractivity (Wildman–Crippen MR) is 59.2 cm³/mol. The highest BCUT2D eigenvalue weighted by molar-refractivity contribution is 4.89. The van der Waals surface area contributed by atoms with Crippen LogP contribution in [-0.4, -0.2) is 63.8 Å². The average Bonchev–Trinajstić information content (AvgIpc) is 2.29. The molecule has 0 spiro atoms. The fourth-order valence-electron chi connectivity index (χ4n) is 1.55. The summed E-state index contributed by atoms with van der Waals surface area (Å²) in [5.74, 6) is 0.224. The van der Waals surface area contributed by atoms with Gasteiger partial charge in [-0.1, -0.05) is 13.8 Å². The number of hydrogen-bond donors (Lipinski definition) is 4. The molecule has 0 saturated carbocycles. The van der Waals surface area contributed by atoms with E-state index >= 15 is 0 Å². The topological polar surface area (TPSA) is 99.4 Å². The van der Waals surface area contributed by atoms with Crippen molar-refractivity contribution in [1.29, 1.82) is 0 Å². The lowest BCUT2D eigenvalue weighted by atomic mass is 9.99. The molecule has 0 aromatic heterocycles. The maximum absolute atomic E-state index is 9.71. The van der Waals surface area contributed by atoms with Crippen LogP contribution in [0.15, 0.2) is 0 Å². The quantitative estimate of drug-likeness (QED) is 0.503. The first-order valence-electron chi connectivity index (χ1n) is 5.84. The summed E-state index contributed by atoms with van der Waals surface area (Å²) in [5, 5.41) is 37.8. The third kappa shape index (κ3) is 3.37. The maximum Gasteiger partial charge on any atom is 0.186 e. The molecule has 6 atom stereocenters.